The lowest BCUT2D eigenvalue weighted by atomic mass is 10.0. The van der Waals surface area contributed by atoms with E-state index in [9.17, 15) is 5.11 Å². The van der Waals surface area contributed by atoms with Crippen LogP contribution in [0.4, 0.5) is 0 Å². The molecule has 0 amide bonds. The first-order chi connectivity index (χ1) is 9.15. The maximum Gasteiger partial charge on any atom is 0.100 e. The molecule has 0 saturated carbocycles. The average Bonchev–Trinajstić information content (AvgIpc) is 2.94. The van der Waals surface area contributed by atoms with Crippen molar-refractivity contribution >= 4 is 56.0 Å². The molecule has 0 radical (unpaired) electrons. The second kappa shape index (κ2) is 5.43. The number of thiophene rings is 2. The molecule has 1 aromatic carbocycles. The van der Waals surface area contributed by atoms with Crippen LogP contribution in [0.25, 0.3) is 10.1 Å². The van der Waals surface area contributed by atoms with Gasteiger partial charge in [-0.1, -0.05) is 41.4 Å². The minimum Gasteiger partial charge on any atom is -0.388 e. The lowest BCUT2D eigenvalue weighted by Crippen LogP contribution is -2.00. The van der Waals surface area contributed by atoms with E-state index >= 15 is 0 Å². The van der Waals surface area contributed by atoms with Crippen molar-refractivity contribution in [3.63, 3.8) is 0 Å². The molecule has 0 fully saturated rings. The van der Waals surface area contributed by atoms with Crippen molar-refractivity contribution in [2.75, 3.05) is 0 Å². The highest BCUT2D eigenvalue weighted by Gasteiger charge is 2.17. The third kappa shape index (κ3) is 2.67. The molecule has 2 heterocycles. The summed E-state index contributed by atoms with van der Waals surface area (Å²) in [5, 5.41) is 13.6. The molecule has 3 rings (SSSR count). The van der Waals surface area contributed by atoms with E-state index in [1.165, 1.54) is 21.4 Å². The molecule has 2 aromatic heterocycles. The summed E-state index contributed by atoms with van der Waals surface area (Å²) in [6.07, 6.45) is -0.0641. The molecule has 0 aliphatic heterocycles. The summed E-state index contributed by atoms with van der Waals surface area (Å²) in [4.78, 5) is 0. The van der Waals surface area contributed by atoms with Gasteiger partial charge in [0.25, 0.3) is 0 Å². The average molecular weight is 329 g/mol. The Labute approximate surface area is 129 Å². The summed E-state index contributed by atoms with van der Waals surface area (Å²) in [6, 6.07) is 9.95. The van der Waals surface area contributed by atoms with E-state index in [1.54, 1.807) is 17.4 Å². The molecular formula is C14H10Cl2OS2. The Morgan fingerprint density at radius 1 is 1.21 bits per heavy atom. The molecule has 0 saturated heterocycles. The summed E-state index contributed by atoms with van der Waals surface area (Å²) < 4.78 is 2.41. The van der Waals surface area contributed by atoms with Crippen LogP contribution in [-0.2, 0) is 6.42 Å². The second-order valence-electron chi connectivity index (χ2n) is 4.26. The van der Waals surface area contributed by atoms with Crippen LogP contribution >= 0.6 is 45.9 Å². The Balaban J connectivity index is 1.91. The van der Waals surface area contributed by atoms with Crippen LogP contribution in [0.15, 0.2) is 35.7 Å². The summed E-state index contributed by atoms with van der Waals surface area (Å²) in [7, 11) is 0. The Morgan fingerprint density at radius 3 is 2.74 bits per heavy atom. The summed E-state index contributed by atoms with van der Waals surface area (Å²) in [5.41, 5.74) is 1.86. The number of aliphatic hydroxyl groups excluding tert-OH is 1. The van der Waals surface area contributed by atoms with E-state index in [-0.39, 0.29) is 0 Å². The fraction of sp³-hybridized carbons (Fsp3) is 0.143. The van der Waals surface area contributed by atoms with Crippen LogP contribution in [0, 0.1) is 0 Å². The zero-order valence-electron chi connectivity index (χ0n) is 9.77. The lowest BCUT2D eigenvalue weighted by Gasteiger charge is -2.09. The standard InChI is InChI=1S/C14H10Cl2OS2/c15-13-6-10(14(16)19-13)11(17)5-8-7-18-12-4-2-1-3-9(8)12/h1-4,6-7,11,17H,5H2. The van der Waals surface area contributed by atoms with Crippen molar-refractivity contribution in [2.45, 2.75) is 12.5 Å². The smallest absolute Gasteiger partial charge is 0.100 e. The quantitative estimate of drug-likeness (QED) is 0.668. The third-order valence-electron chi connectivity index (χ3n) is 3.02. The maximum absolute atomic E-state index is 10.3. The van der Waals surface area contributed by atoms with Crippen molar-refractivity contribution in [2.24, 2.45) is 0 Å². The SMILES string of the molecule is OC(Cc1csc2ccccc12)c1cc(Cl)sc1Cl. The van der Waals surface area contributed by atoms with Crippen molar-refractivity contribution in [3.05, 3.63) is 55.5 Å². The Morgan fingerprint density at radius 2 is 2.00 bits per heavy atom. The highest BCUT2D eigenvalue weighted by atomic mass is 35.5. The van der Waals surface area contributed by atoms with E-state index < -0.39 is 6.10 Å². The Bertz CT molecular complexity index is 717. The molecule has 1 unspecified atom stereocenters. The Hall–Kier alpha value is -0.580. The van der Waals surface area contributed by atoms with E-state index in [2.05, 4.69) is 17.5 Å². The van der Waals surface area contributed by atoms with Gasteiger partial charge in [-0.05, 0) is 28.5 Å². The number of fused-ring (bicyclic) bond motifs is 1. The maximum atomic E-state index is 10.3. The van der Waals surface area contributed by atoms with Crippen LogP contribution in [0.5, 0.6) is 0 Å². The van der Waals surface area contributed by atoms with Gasteiger partial charge in [0.05, 0.1) is 10.4 Å². The monoisotopic (exact) mass is 328 g/mol. The predicted molar refractivity (Wildman–Crippen MR) is 84.8 cm³/mol. The first-order valence-corrected chi connectivity index (χ1v) is 8.18. The van der Waals surface area contributed by atoms with Crippen LogP contribution in [0.2, 0.25) is 8.67 Å². The van der Waals surface area contributed by atoms with Crippen molar-refractivity contribution in [1.82, 2.24) is 0 Å². The summed E-state index contributed by atoms with van der Waals surface area (Å²) in [6.45, 7) is 0. The molecule has 0 aliphatic rings. The van der Waals surface area contributed by atoms with Crippen molar-refractivity contribution in [1.29, 1.82) is 0 Å². The van der Waals surface area contributed by atoms with Gasteiger partial charge in [0.2, 0.25) is 0 Å². The van der Waals surface area contributed by atoms with E-state index in [0.29, 0.717) is 20.7 Å². The molecule has 0 aliphatic carbocycles. The van der Waals surface area contributed by atoms with Crippen LogP contribution in [0.3, 0.4) is 0 Å². The van der Waals surface area contributed by atoms with Crippen molar-refractivity contribution in [3.8, 4) is 0 Å². The first-order valence-electron chi connectivity index (χ1n) is 5.73. The number of hydrogen-bond donors (Lipinski definition) is 1. The molecule has 5 heteroatoms. The molecule has 19 heavy (non-hydrogen) atoms. The van der Waals surface area contributed by atoms with Gasteiger partial charge in [0.15, 0.2) is 0 Å². The zero-order chi connectivity index (χ0) is 13.4. The molecule has 1 N–H and O–H groups in total. The van der Waals surface area contributed by atoms with Gasteiger partial charge in [0, 0.05) is 16.7 Å². The number of hydrogen-bond acceptors (Lipinski definition) is 3. The van der Waals surface area contributed by atoms with Crippen molar-refractivity contribution < 1.29 is 5.11 Å². The largest absolute Gasteiger partial charge is 0.388 e. The van der Waals surface area contributed by atoms with Crippen LogP contribution in [0.1, 0.15) is 17.2 Å². The molecule has 0 bridgehead atoms. The molecule has 98 valence electrons. The van der Waals surface area contributed by atoms with Crippen LogP contribution in [-0.4, -0.2) is 5.11 Å². The zero-order valence-corrected chi connectivity index (χ0v) is 12.9. The van der Waals surface area contributed by atoms with E-state index in [1.807, 2.05) is 12.1 Å². The summed E-state index contributed by atoms with van der Waals surface area (Å²) in [5.74, 6) is 0. The highest BCUT2D eigenvalue weighted by Crippen LogP contribution is 2.37. The van der Waals surface area contributed by atoms with Gasteiger partial charge in [-0.15, -0.1) is 22.7 Å². The molecular weight excluding hydrogens is 319 g/mol. The molecule has 3 aromatic rings. The first kappa shape index (κ1) is 13.4. The Kier molecular flexibility index (Phi) is 3.83. The van der Waals surface area contributed by atoms with Gasteiger partial charge in [0.1, 0.15) is 4.34 Å². The molecule has 1 atom stereocenters. The minimum atomic E-state index is -0.616. The predicted octanol–water partition coefficient (Wildman–Crippen LogP) is 5.55. The minimum absolute atomic E-state index is 0.552. The van der Waals surface area contributed by atoms with Gasteiger partial charge in [-0.25, -0.2) is 0 Å². The summed E-state index contributed by atoms with van der Waals surface area (Å²) >= 11 is 15.0. The van der Waals surface area contributed by atoms with Gasteiger partial charge in [-0.3, -0.25) is 0 Å². The van der Waals surface area contributed by atoms with E-state index in [0.717, 1.165) is 5.56 Å². The topological polar surface area (TPSA) is 20.2 Å². The van der Waals surface area contributed by atoms with Gasteiger partial charge in [-0.2, -0.15) is 0 Å². The van der Waals surface area contributed by atoms with Gasteiger partial charge >= 0.3 is 0 Å². The number of halogens is 2. The number of aliphatic hydroxyl groups is 1. The second-order valence-corrected chi connectivity index (χ2v) is 7.45. The lowest BCUT2D eigenvalue weighted by molar-refractivity contribution is 0.179. The van der Waals surface area contributed by atoms with Crippen LogP contribution < -0.4 is 0 Å². The fourth-order valence-corrected chi connectivity index (χ4v) is 4.63. The molecule has 0 spiro atoms. The fourth-order valence-electron chi connectivity index (χ4n) is 2.09. The number of benzene rings is 1. The van der Waals surface area contributed by atoms with E-state index in [4.69, 9.17) is 23.2 Å². The number of rotatable bonds is 3. The van der Waals surface area contributed by atoms with Gasteiger partial charge < -0.3 is 5.11 Å². The normalized spacial score (nSPS) is 13.0. The highest BCUT2D eigenvalue weighted by molar-refractivity contribution is 7.20. The molecule has 1 nitrogen and oxygen atoms in total. The third-order valence-corrected chi connectivity index (χ3v) is 5.55.